The second-order valence-corrected chi connectivity index (χ2v) is 8.54. The fourth-order valence-corrected chi connectivity index (χ4v) is 4.15. The van der Waals surface area contributed by atoms with Gasteiger partial charge in [-0.3, -0.25) is 4.79 Å². The minimum Gasteiger partial charge on any atom is -0.367 e. The molecule has 0 aromatic carbocycles. The number of rotatable bonds is 8. The molecular weight excluding hydrogens is 358 g/mol. The topological polar surface area (TPSA) is 70.2 Å². The third-order valence-corrected chi connectivity index (χ3v) is 6.22. The molecule has 0 bridgehead atoms. The number of nitrogens with one attached hydrogen (secondary N) is 2. The number of thiophene rings is 1. The number of carbonyl (C=O) groups excluding carboxylic acids is 1. The van der Waals surface area contributed by atoms with Gasteiger partial charge >= 0.3 is 0 Å². The first-order chi connectivity index (χ1) is 13.3. The Kier molecular flexibility index (Phi) is 5.87. The normalized spacial score (nSPS) is 17.7. The maximum Gasteiger partial charge on any atom is 0.220 e. The van der Waals surface area contributed by atoms with Crippen LogP contribution in [0.15, 0.2) is 29.9 Å². The number of piperidine rings is 1. The second kappa shape index (κ2) is 8.69. The van der Waals surface area contributed by atoms with Crippen molar-refractivity contribution in [3.8, 4) is 0 Å². The molecule has 0 atom stereocenters. The average molecular weight is 386 g/mol. The van der Waals surface area contributed by atoms with Crippen molar-refractivity contribution in [2.45, 2.75) is 51.1 Å². The molecule has 6 nitrogen and oxygen atoms in total. The molecule has 2 aromatic heterocycles. The maximum absolute atomic E-state index is 12.1. The average Bonchev–Trinajstić information content (AvgIpc) is 3.35. The van der Waals surface area contributed by atoms with Crippen molar-refractivity contribution < 1.29 is 4.79 Å². The van der Waals surface area contributed by atoms with Gasteiger partial charge in [-0.15, -0.1) is 11.3 Å². The summed E-state index contributed by atoms with van der Waals surface area (Å²) in [5.41, 5.74) is 0. The first kappa shape index (κ1) is 18.2. The van der Waals surface area contributed by atoms with E-state index in [1.807, 2.05) is 11.4 Å². The number of hydrogen-bond donors (Lipinski definition) is 2. The van der Waals surface area contributed by atoms with Crippen molar-refractivity contribution >= 4 is 28.9 Å². The van der Waals surface area contributed by atoms with Gasteiger partial charge in [-0.25, -0.2) is 9.97 Å². The zero-order chi connectivity index (χ0) is 18.5. The van der Waals surface area contributed by atoms with Crippen LogP contribution in [0.4, 0.5) is 11.6 Å². The molecule has 0 unspecified atom stereocenters. The molecule has 1 aliphatic heterocycles. The first-order valence-electron chi connectivity index (χ1n) is 9.89. The highest BCUT2D eigenvalue weighted by Gasteiger charge is 2.23. The van der Waals surface area contributed by atoms with Crippen LogP contribution >= 0.6 is 11.3 Å². The lowest BCUT2D eigenvalue weighted by molar-refractivity contribution is -0.121. The van der Waals surface area contributed by atoms with Crippen molar-refractivity contribution in [3.63, 3.8) is 0 Å². The van der Waals surface area contributed by atoms with E-state index in [9.17, 15) is 4.79 Å². The molecule has 1 saturated carbocycles. The number of nitrogens with zero attached hydrogens (tertiary/aromatic N) is 3. The summed E-state index contributed by atoms with van der Waals surface area (Å²) in [4.78, 5) is 24.4. The third kappa shape index (κ3) is 5.42. The van der Waals surface area contributed by atoms with Crippen molar-refractivity contribution in [1.82, 2.24) is 15.3 Å². The van der Waals surface area contributed by atoms with Crippen LogP contribution < -0.4 is 15.5 Å². The van der Waals surface area contributed by atoms with Gasteiger partial charge in [0.15, 0.2) is 0 Å². The summed E-state index contributed by atoms with van der Waals surface area (Å²) in [5.74, 6) is 2.74. The Balaban J connectivity index is 1.18. The molecule has 1 aliphatic carbocycles. The van der Waals surface area contributed by atoms with Crippen molar-refractivity contribution in [2.75, 3.05) is 23.3 Å². The Hall–Kier alpha value is -2.15. The van der Waals surface area contributed by atoms with E-state index in [0.29, 0.717) is 24.9 Å². The molecule has 1 saturated heterocycles. The quantitative estimate of drug-likeness (QED) is 0.729. The molecule has 7 heteroatoms. The van der Waals surface area contributed by atoms with E-state index in [1.165, 1.54) is 17.7 Å². The van der Waals surface area contributed by atoms with Gasteiger partial charge in [0.1, 0.15) is 18.0 Å². The molecule has 27 heavy (non-hydrogen) atoms. The Morgan fingerprint density at radius 1 is 1.22 bits per heavy atom. The van der Waals surface area contributed by atoms with Crippen molar-refractivity contribution in [2.24, 2.45) is 5.92 Å². The van der Waals surface area contributed by atoms with Crippen LogP contribution in [-0.4, -0.2) is 35.0 Å². The van der Waals surface area contributed by atoms with E-state index < -0.39 is 0 Å². The second-order valence-electron chi connectivity index (χ2n) is 7.51. The minimum atomic E-state index is 0.164. The maximum atomic E-state index is 12.1. The van der Waals surface area contributed by atoms with Crippen LogP contribution in [0.5, 0.6) is 0 Å². The zero-order valence-electron chi connectivity index (χ0n) is 15.6. The van der Waals surface area contributed by atoms with Gasteiger partial charge in [-0.1, -0.05) is 6.07 Å². The van der Waals surface area contributed by atoms with Crippen LogP contribution in [0.1, 0.15) is 43.4 Å². The van der Waals surface area contributed by atoms with E-state index in [4.69, 9.17) is 0 Å². The van der Waals surface area contributed by atoms with Crippen LogP contribution in [0, 0.1) is 5.92 Å². The molecule has 2 fully saturated rings. The standard InChI is InChI=1S/C20H27N5OS/c26-20(21-13-17-2-1-11-27-17)6-3-15-7-9-25(10-8-15)19-12-18(22-14-23-19)24-16-4-5-16/h1-2,11-12,14-16H,3-10,13H2,(H,21,26)(H,22,23,24). The van der Waals surface area contributed by atoms with Crippen LogP contribution in [0.25, 0.3) is 0 Å². The Morgan fingerprint density at radius 3 is 2.81 bits per heavy atom. The van der Waals surface area contributed by atoms with Crippen LogP contribution in [-0.2, 0) is 11.3 Å². The minimum absolute atomic E-state index is 0.164. The van der Waals surface area contributed by atoms with Gasteiger partial charge in [0, 0.05) is 36.5 Å². The fourth-order valence-electron chi connectivity index (χ4n) is 3.51. The van der Waals surface area contributed by atoms with Gasteiger partial charge in [0.2, 0.25) is 5.91 Å². The van der Waals surface area contributed by atoms with Crippen LogP contribution in [0.2, 0.25) is 0 Å². The lowest BCUT2D eigenvalue weighted by Crippen LogP contribution is -2.34. The Labute approximate surface area is 164 Å². The smallest absolute Gasteiger partial charge is 0.220 e. The van der Waals surface area contributed by atoms with E-state index in [1.54, 1.807) is 17.7 Å². The van der Waals surface area contributed by atoms with E-state index in [2.05, 4.69) is 37.6 Å². The lowest BCUT2D eigenvalue weighted by Gasteiger charge is -2.32. The van der Waals surface area contributed by atoms with E-state index >= 15 is 0 Å². The molecule has 1 amide bonds. The number of aromatic nitrogens is 2. The molecule has 0 spiro atoms. The molecule has 4 rings (SSSR count). The molecule has 2 aromatic rings. The first-order valence-corrected chi connectivity index (χ1v) is 10.8. The predicted octanol–water partition coefficient (Wildman–Crippen LogP) is 3.43. The predicted molar refractivity (Wildman–Crippen MR) is 109 cm³/mol. The van der Waals surface area contributed by atoms with Gasteiger partial charge in [-0.2, -0.15) is 0 Å². The highest BCUT2D eigenvalue weighted by Crippen LogP contribution is 2.28. The monoisotopic (exact) mass is 385 g/mol. The summed E-state index contributed by atoms with van der Waals surface area (Å²) in [6, 6.07) is 6.74. The summed E-state index contributed by atoms with van der Waals surface area (Å²) in [7, 11) is 0. The summed E-state index contributed by atoms with van der Waals surface area (Å²) in [5, 5.41) is 8.50. The summed E-state index contributed by atoms with van der Waals surface area (Å²) in [6.45, 7) is 2.66. The van der Waals surface area contributed by atoms with Crippen molar-refractivity contribution in [3.05, 3.63) is 34.8 Å². The highest BCUT2D eigenvalue weighted by atomic mass is 32.1. The molecule has 0 radical (unpaired) electrons. The van der Waals surface area contributed by atoms with Crippen LogP contribution in [0.3, 0.4) is 0 Å². The van der Waals surface area contributed by atoms with Gasteiger partial charge in [0.05, 0.1) is 6.54 Å². The largest absolute Gasteiger partial charge is 0.367 e. The van der Waals surface area contributed by atoms with Crippen molar-refractivity contribution in [1.29, 1.82) is 0 Å². The molecular formula is C20H27N5OS. The van der Waals surface area contributed by atoms with Gasteiger partial charge in [0.25, 0.3) is 0 Å². The third-order valence-electron chi connectivity index (χ3n) is 5.34. The highest BCUT2D eigenvalue weighted by molar-refractivity contribution is 7.09. The van der Waals surface area contributed by atoms with E-state index in [0.717, 1.165) is 44.0 Å². The molecule has 2 N–H and O–H groups in total. The molecule has 2 aliphatic rings. The van der Waals surface area contributed by atoms with Gasteiger partial charge < -0.3 is 15.5 Å². The number of anilines is 2. The lowest BCUT2D eigenvalue weighted by atomic mass is 9.92. The number of amides is 1. The van der Waals surface area contributed by atoms with E-state index in [-0.39, 0.29) is 5.91 Å². The zero-order valence-corrected chi connectivity index (χ0v) is 16.4. The molecule has 144 valence electrons. The summed E-state index contributed by atoms with van der Waals surface area (Å²) >= 11 is 1.68. The molecule has 3 heterocycles. The fraction of sp³-hybridized carbons (Fsp3) is 0.550. The Morgan fingerprint density at radius 2 is 2.07 bits per heavy atom. The number of hydrogen-bond acceptors (Lipinski definition) is 6. The summed E-state index contributed by atoms with van der Waals surface area (Å²) in [6.07, 6.45) is 7.98. The summed E-state index contributed by atoms with van der Waals surface area (Å²) < 4.78 is 0. The Bertz CT molecular complexity index is 739. The number of carbonyl (C=O) groups is 1. The van der Waals surface area contributed by atoms with Gasteiger partial charge in [-0.05, 0) is 49.5 Å². The SMILES string of the molecule is O=C(CCC1CCN(c2cc(NC3CC3)ncn2)CC1)NCc1cccs1.